The van der Waals surface area contributed by atoms with Gasteiger partial charge in [0, 0.05) is 25.2 Å². The highest BCUT2D eigenvalue weighted by Gasteiger charge is 2.19. The Balaban J connectivity index is 2.26. The van der Waals surface area contributed by atoms with Crippen LogP contribution in [0.2, 0.25) is 0 Å². The zero-order valence-electron chi connectivity index (χ0n) is 13.0. The molecule has 0 aromatic heterocycles. The smallest absolute Gasteiger partial charge is 0.142 e. The van der Waals surface area contributed by atoms with E-state index in [1.54, 1.807) is 14.2 Å². The number of hydrogen-bond donors (Lipinski definition) is 1. The summed E-state index contributed by atoms with van der Waals surface area (Å²) in [6.45, 7) is 7.65. The van der Waals surface area contributed by atoms with Crippen molar-refractivity contribution in [3.05, 3.63) is 18.2 Å². The summed E-state index contributed by atoms with van der Waals surface area (Å²) in [6.07, 6.45) is 1.13. The van der Waals surface area contributed by atoms with Crippen molar-refractivity contribution in [3.8, 4) is 11.5 Å². The molecule has 0 amide bonds. The fourth-order valence-electron chi connectivity index (χ4n) is 2.65. The van der Waals surface area contributed by atoms with Crippen LogP contribution < -0.4 is 19.7 Å². The average Bonchev–Trinajstić information content (AvgIpc) is 2.47. The SMILES string of the molecule is COc1ccc(OC)c(N2CCC(C)NCC(C)C2)c1. The van der Waals surface area contributed by atoms with Crippen LogP contribution >= 0.6 is 0 Å². The van der Waals surface area contributed by atoms with Gasteiger partial charge in [0.1, 0.15) is 11.5 Å². The molecule has 1 aliphatic rings. The minimum absolute atomic E-state index is 0.553. The molecule has 112 valence electrons. The predicted molar refractivity (Wildman–Crippen MR) is 83.0 cm³/mol. The van der Waals surface area contributed by atoms with E-state index in [2.05, 4.69) is 30.1 Å². The Morgan fingerprint density at radius 1 is 1.20 bits per heavy atom. The van der Waals surface area contributed by atoms with Crippen LogP contribution in [0.5, 0.6) is 11.5 Å². The Morgan fingerprint density at radius 2 is 2.00 bits per heavy atom. The van der Waals surface area contributed by atoms with Gasteiger partial charge in [0.15, 0.2) is 0 Å². The van der Waals surface area contributed by atoms with Crippen molar-refractivity contribution < 1.29 is 9.47 Å². The second-order valence-electron chi connectivity index (χ2n) is 5.69. The van der Waals surface area contributed by atoms with Crippen LogP contribution in [0.4, 0.5) is 5.69 Å². The lowest BCUT2D eigenvalue weighted by atomic mass is 10.1. The molecule has 0 aliphatic carbocycles. The molecule has 0 radical (unpaired) electrons. The minimum Gasteiger partial charge on any atom is -0.497 e. The Kier molecular flexibility index (Phi) is 5.12. The van der Waals surface area contributed by atoms with Crippen molar-refractivity contribution in [2.75, 3.05) is 38.8 Å². The molecule has 1 heterocycles. The molecule has 2 rings (SSSR count). The number of ether oxygens (including phenoxy) is 2. The number of methoxy groups -OCH3 is 2. The van der Waals surface area contributed by atoms with Crippen LogP contribution in [0.1, 0.15) is 20.3 Å². The maximum absolute atomic E-state index is 5.52. The molecule has 20 heavy (non-hydrogen) atoms. The van der Waals surface area contributed by atoms with Crippen molar-refractivity contribution in [1.29, 1.82) is 0 Å². The van der Waals surface area contributed by atoms with Gasteiger partial charge >= 0.3 is 0 Å². The van der Waals surface area contributed by atoms with Gasteiger partial charge in [0.05, 0.1) is 19.9 Å². The molecule has 1 saturated heterocycles. The zero-order valence-corrected chi connectivity index (χ0v) is 13.0. The molecular formula is C16H26N2O2. The maximum Gasteiger partial charge on any atom is 0.142 e. The van der Waals surface area contributed by atoms with Crippen molar-refractivity contribution in [2.45, 2.75) is 26.3 Å². The molecule has 0 spiro atoms. The van der Waals surface area contributed by atoms with Gasteiger partial charge in [0.25, 0.3) is 0 Å². The monoisotopic (exact) mass is 278 g/mol. The number of hydrogen-bond acceptors (Lipinski definition) is 4. The molecule has 1 N–H and O–H groups in total. The lowest BCUT2D eigenvalue weighted by molar-refractivity contribution is 0.391. The van der Waals surface area contributed by atoms with Gasteiger partial charge in [-0.15, -0.1) is 0 Å². The van der Waals surface area contributed by atoms with E-state index in [-0.39, 0.29) is 0 Å². The molecule has 2 atom stereocenters. The lowest BCUT2D eigenvalue weighted by Gasteiger charge is -2.33. The normalized spacial score (nSPS) is 23.9. The summed E-state index contributed by atoms with van der Waals surface area (Å²) in [5.41, 5.74) is 1.13. The molecule has 4 heteroatoms. The summed E-state index contributed by atoms with van der Waals surface area (Å²) >= 11 is 0. The third-order valence-corrected chi connectivity index (χ3v) is 3.91. The van der Waals surface area contributed by atoms with Crippen molar-refractivity contribution in [3.63, 3.8) is 0 Å². The molecule has 0 bridgehead atoms. The van der Waals surface area contributed by atoms with E-state index in [4.69, 9.17) is 9.47 Å². The van der Waals surface area contributed by atoms with Crippen molar-refractivity contribution >= 4 is 5.69 Å². The lowest BCUT2D eigenvalue weighted by Crippen LogP contribution is -2.42. The standard InChI is InChI=1S/C16H26N2O2/c1-12-10-17-13(2)7-8-18(11-12)15-9-14(19-3)5-6-16(15)20-4/h5-6,9,12-13,17H,7-8,10-11H2,1-4H3. The van der Waals surface area contributed by atoms with E-state index in [0.717, 1.165) is 43.2 Å². The van der Waals surface area contributed by atoms with Gasteiger partial charge in [-0.1, -0.05) is 6.92 Å². The highest BCUT2D eigenvalue weighted by molar-refractivity contribution is 5.61. The first kappa shape index (κ1) is 15.0. The second kappa shape index (κ2) is 6.84. The van der Waals surface area contributed by atoms with Gasteiger partial charge in [0.2, 0.25) is 0 Å². The van der Waals surface area contributed by atoms with Crippen LogP contribution in [0.15, 0.2) is 18.2 Å². The van der Waals surface area contributed by atoms with E-state index >= 15 is 0 Å². The van der Waals surface area contributed by atoms with Crippen LogP contribution in [0.25, 0.3) is 0 Å². The zero-order chi connectivity index (χ0) is 14.5. The van der Waals surface area contributed by atoms with Crippen molar-refractivity contribution in [1.82, 2.24) is 5.32 Å². The van der Waals surface area contributed by atoms with Gasteiger partial charge in [-0.3, -0.25) is 0 Å². The first-order valence-corrected chi connectivity index (χ1v) is 7.34. The van der Waals surface area contributed by atoms with Gasteiger partial charge < -0.3 is 19.7 Å². The topological polar surface area (TPSA) is 33.7 Å². The summed E-state index contributed by atoms with van der Waals surface area (Å²) in [5.74, 6) is 2.40. The van der Waals surface area contributed by atoms with Crippen LogP contribution in [0, 0.1) is 5.92 Å². The summed E-state index contributed by atoms with van der Waals surface area (Å²) in [6, 6.07) is 6.56. The Morgan fingerprint density at radius 3 is 2.70 bits per heavy atom. The number of rotatable bonds is 3. The second-order valence-corrected chi connectivity index (χ2v) is 5.69. The van der Waals surface area contributed by atoms with Crippen LogP contribution in [0.3, 0.4) is 0 Å². The van der Waals surface area contributed by atoms with E-state index in [1.165, 1.54) is 0 Å². The molecule has 1 fully saturated rings. The first-order valence-electron chi connectivity index (χ1n) is 7.34. The quantitative estimate of drug-likeness (QED) is 0.921. The fourth-order valence-corrected chi connectivity index (χ4v) is 2.65. The Bertz CT molecular complexity index is 436. The Hall–Kier alpha value is -1.42. The largest absolute Gasteiger partial charge is 0.497 e. The summed E-state index contributed by atoms with van der Waals surface area (Å²) < 4.78 is 10.9. The van der Waals surface area contributed by atoms with E-state index in [0.29, 0.717) is 12.0 Å². The minimum atomic E-state index is 0.553. The third kappa shape index (κ3) is 3.57. The number of nitrogens with one attached hydrogen (secondary N) is 1. The van der Waals surface area contributed by atoms with Crippen molar-refractivity contribution in [2.24, 2.45) is 5.92 Å². The number of benzene rings is 1. The summed E-state index contributed by atoms with van der Waals surface area (Å²) in [7, 11) is 3.43. The molecule has 1 aromatic rings. The molecule has 2 unspecified atom stereocenters. The number of anilines is 1. The maximum atomic E-state index is 5.52. The van der Waals surface area contributed by atoms with Gasteiger partial charge in [-0.25, -0.2) is 0 Å². The van der Waals surface area contributed by atoms with E-state index in [9.17, 15) is 0 Å². The van der Waals surface area contributed by atoms with E-state index in [1.807, 2.05) is 12.1 Å². The molecule has 4 nitrogen and oxygen atoms in total. The molecule has 0 saturated carbocycles. The van der Waals surface area contributed by atoms with Crippen LogP contribution in [-0.4, -0.2) is 39.9 Å². The first-order chi connectivity index (χ1) is 9.63. The summed E-state index contributed by atoms with van der Waals surface area (Å²) in [4.78, 5) is 2.42. The predicted octanol–water partition coefficient (Wildman–Crippen LogP) is 2.53. The highest BCUT2D eigenvalue weighted by Crippen LogP contribution is 2.33. The van der Waals surface area contributed by atoms with E-state index < -0.39 is 0 Å². The van der Waals surface area contributed by atoms with Gasteiger partial charge in [-0.2, -0.15) is 0 Å². The third-order valence-electron chi connectivity index (χ3n) is 3.91. The highest BCUT2D eigenvalue weighted by atomic mass is 16.5. The fraction of sp³-hybridized carbons (Fsp3) is 0.625. The average molecular weight is 278 g/mol. The summed E-state index contributed by atoms with van der Waals surface area (Å²) in [5, 5.41) is 3.57. The number of nitrogens with zero attached hydrogens (tertiary/aromatic N) is 1. The molecular weight excluding hydrogens is 252 g/mol. The molecule has 1 aliphatic heterocycles. The van der Waals surface area contributed by atoms with Gasteiger partial charge in [-0.05, 0) is 37.9 Å². The molecule has 1 aromatic carbocycles. The Labute approximate surface area is 122 Å². The van der Waals surface area contributed by atoms with Crippen LogP contribution in [-0.2, 0) is 0 Å².